The minimum atomic E-state index is -0.296. The van der Waals surface area contributed by atoms with Crippen LogP contribution in [0.25, 0.3) is 0 Å². The minimum Gasteiger partial charge on any atom is -0.391 e. The standard InChI is InChI=1S/C14H25NO2/c1-2-11-8-14(17)15(9-11)10-13(16)12-6-4-3-5-7-12/h11-13,16H,2-10H2,1H3. The Morgan fingerprint density at radius 1 is 1.35 bits per heavy atom. The molecule has 0 radical (unpaired) electrons. The lowest BCUT2D eigenvalue weighted by molar-refractivity contribution is -0.129. The second kappa shape index (κ2) is 5.85. The zero-order chi connectivity index (χ0) is 12.3. The zero-order valence-electron chi connectivity index (χ0n) is 10.9. The van der Waals surface area contributed by atoms with Crippen LogP contribution in [0.15, 0.2) is 0 Å². The monoisotopic (exact) mass is 239 g/mol. The van der Waals surface area contributed by atoms with Crippen molar-refractivity contribution in [2.45, 2.75) is 58.0 Å². The molecule has 0 aromatic rings. The van der Waals surface area contributed by atoms with Crippen LogP contribution in [0.1, 0.15) is 51.9 Å². The Balaban J connectivity index is 1.81. The molecule has 0 bridgehead atoms. The molecule has 1 aliphatic heterocycles. The van der Waals surface area contributed by atoms with Crippen molar-refractivity contribution < 1.29 is 9.90 Å². The summed E-state index contributed by atoms with van der Waals surface area (Å²) in [5.74, 6) is 1.19. The van der Waals surface area contributed by atoms with E-state index in [9.17, 15) is 9.90 Å². The van der Waals surface area contributed by atoms with E-state index in [4.69, 9.17) is 0 Å². The molecule has 1 amide bonds. The lowest BCUT2D eigenvalue weighted by atomic mass is 9.85. The van der Waals surface area contributed by atoms with Gasteiger partial charge in [-0.2, -0.15) is 0 Å². The topological polar surface area (TPSA) is 40.5 Å². The van der Waals surface area contributed by atoms with Gasteiger partial charge in [0.2, 0.25) is 5.91 Å². The van der Waals surface area contributed by atoms with Crippen LogP contribution in [0.3, 0.4) is 0 Å². The molecule has 0 aromatic heterocycles. The molecule has 0 spiro atoms. The molecule has 3 nitrogen and oxygen atoms in total. The van der Waals surface area contributed by atoms with Crippen molar-refractivity contribution in [1.29, 1.82) is 0 Å². The molecule has 98 valence electrons. The first-order valence-electron chi connectivity index (χ1n) is 7.16. The number of aliphatic hydroxyl groups excluding tert-OH is 1. The molecule has 1 heterocycles. The highest BCUT2D eigenvalue weighted by atomic mass is 16.3. The molecule has 2 aliphatic rings. The summed E-state index contributed by atoms with van der Waals surface area (Å²) in [5, 5.41) is 10.2. The number of carbonyl (C=O) groups excluding carboxylic acids is 1. The van der Waals surface area contributed by atoms with Crippen LogP contribution < -0.4 is 0 Å². The van der Waals surface area contributed by atoms with Crippen molar-refractivity contribution in [2.24, 2.45) is 11.8 Å². The first-order chi connectivity index (χ1) is 8.20. The van der Waals surface area contributed by atoms with Gasteiger partial charge >= 0.3 is 0 Å². The largest absolute Gasteiger partial charge is 0.391 e. The maximum Gasteiger partial charge on any atom is 0.223 e. The summed E-state index contributed by atoms with van der Waals surface area (Å²) >= 11 is 0. The fourth-order valence-electron chi connectivity index (χ4n) is 3.20. The quantitative estimate of drug-likeness (QED) is 0.817. The molecule has 1 saturated carbocycles. The molecular weight excluding hydrogens is 214 g/mol. The van der Waals surface area contributed by atoms with Gasteiger partial charge in [0.15, 0.2) is 0 Å². The van der Waals surface area contributed by atoms with E-state index < -0.39 is 0 Å². The van der Waals surface area contributed by atoms with Gasteiger partial charge in [-0.15, -0.1) is 0 Å². The van der Waals surface area contributed by atoms with Crippen LogP contribution in [0.4, 0.5) is 0 Å². The summed E-state index contributed by atoms with van der Waals surface area (Å²) < 4.78 is 0. The predicted molar refractivity (Wildman–Crippen MR) is 67.6 cm³/mol. The number of likely N-dealkylation sites (tertiary alicyclic amines) is 1. The second-order valence-electron chi connectivity index (χ2n) is 5.74. The number of carbonyl (C=O) groups is 1. The number of nitrogens with zero attached hydrogens (tertiary/aromatic N) is 1. The lowest BCUT2D eigenvalue weighted by Gasteiger charge is -2.29. The van der Waals surface area contributed by atoms with E-state index in [0.717, 1.165) is 25.8 Å². The molecule has 2 unspecified atom stereocenters. The van der Waals surface area contributed by atoms with Gasteiger partial charge in [0.05, 0.1) is 6.10 Å². The van der Waals surface area contributed by atoms with Gasteiger partial charge < -0.3 is 10.0 Å². The van der Waals surface area contributed by atoms with Crippen LogP contribution in [0.2, 0.25) is 0 Å². The average molecular weight is 239 g/mol. The number of β-amino-alcohol motifs (C(OH)–C–C–N with tert-alkyl or cyclic N) is 1. The van der Waals surface area contributed by atoms with Gasteiger partial charge in [-0.1, -0.05) is 32.6 Å². The summed E-state index contributed by atoms with van der Waals surface area (Å²) in [4.78, 5) is 13.7. The number of hydrogen-bond acceptors (Lipinski definition) is 2. The smallest absolute Gasteiger partial charge is 0.223 e. The van der Waals surface area contributed by atoms with Crippen LogP contribution in [-0.4, -0.2) is 35.1 Å². The van der Waals surface area contributed by atoms with Gasteiger partial charge in [-0.05, 0) is 24.7 Å². The molecule has 1 saturated heterocycles. The van der Waals surface area contributed by atoms with Crippen molar-refractivity contribution in [3.63, 3.8) is 0 Å². The third-order valence-corrected chi connectivity index (χ3v) is 4.47. The Labute approximate surface area is 104 Å². The van der Waals surface area contributed by atoms with E-state index in [1.54, 1.807) is 0 Å². The Bertz CT molecular complexity index is 261. The normalized spacial score (nSPS) is 28.7. The maximum absolute atomic E-state index is 11.8. The molecule has 3 heteroatoms. The lowest BCUT2D eigenvalue weighted by Crippen LogP contribution is -2.38. The van der Waals surface area contributed by atoms with E-state index in [1.165, 1.54) is 19.3 Å². The first-order valence-corrected chi connectivity index (χ1v) is 7.16. The van der Waals surface area contributed by atoms with E-state index in [0.29, 0.717) is 24.8 Å². The van der Waals surface area contributed by atoms with Gasteiger partial charge in [-0.25, -0.2) is 0 Å². The fraction of sp³-hybridized carbons (Fsp3) is 0.929. The van der Waals surface area contributed by atoms with Crippen LogP contribution in [0, 0.1) is 11.8 Å². The third kappa shape index (κ3) is 3.21. The average Bonchev–Trinajstić information content (AvgIpc) is 2.71. The molecule has 2 atom stereocenters. The third-order valence-electron chi connectivity index (χ3n) is 4.47. The number of hydrogen-bond donors (Lipinski definition) is 1. The molecule has 2 rings (SSSR count). The Morgan fingerprint density at radius 2 is 2.06 bits per heavy atom. The summed E-state index contributed by atoms with van der Waals surface area (Å²) in [7, 11) is 0. The second-order valence-corrected chi connectivity index (χ2v) is 5.74. The Hall–Kier alpha value is -0.570. The molecule has 1 N–H and O–H groups in total. The van der Waals surface area contributed by atoms with Gasteiger partial charge in [0.1, 0.15) is 0 Å². The number of aliphatic hydroxyl groups is 1. The number of amides is 1. The number of rotatable bonds is 4. The summed E-state index contributed by atoms with van der Waals surface area (Å²) in [5.41, 5.74) is 0. The zero-order valence-corrected chi connectivity index (χ0v) is 10.9. The molecular formula is C14H25NO2. The first kappa shape index (κ1) is 12.9. The van der Waals surface area contributed by atoms with Crippen LogP contribution in [0.5, 0.6) is 0 Å². The maximum atomic E-state index is 11.8. The van der Waals surface area contributed by atoms with E-state index >= 15 is 0 Å². The van der Waals surface area contributed by atoms with Crippen LogP contribution >= 0.6 is 0 Å². The molecule has 17 heavy (non-hydrogen) atoms. The van der Waals surface area contributed by atoms with Crippen molar-refractivity contribution in [3.8, 4) is 0 Å². The highest BCUT2D eigenvalue weighted by molar-refractivity contribution is 5.78. The summed E-state index contributed by atoms with van der Waals surface area (Å²) in [6.45, 7) is 3.57. The van der Waals surface area contributed by atoms with Gasteiger partial charge in [0, 0.05) is 19.5 Å². The van der Waals surface area contributed by atoms with Gasteiger partial charge in [0.25, 0.3) is 0 Å². The van der Waals surface area contributed by atoms with Crippen molar-refractivity contribution >= 4 is 5.91 Å². The summed E-state index contributed by atoms with van der Waals surface area (Å²) in [6.07, 6.45) is 7.54. The highest BCUT2D eigenvalue weighted by Gasteiger charge is 2.31. The van der Waals surface area contributed by atoms with E-state index in [-0.39, 0.29) is 12.0 Å². The van der Waals surface area contributed by atoms with Crippen LogP contribution in [-0.2, 0) is 4.79 Å². The van der Waals surface area contributed by atoms with E-state index in [1.807, 2.05) is 4.90 Å². The molecule has 2 fully saturated rings. The Morgan fingerprint density at radius 3 is 2.65 bits per heavy atom. The summed E-state index contributed by atoms with van der Waals surface area (Å²) in [6, 6.07) is 0. The SMILES string of the molecule is CCC1CC(=O)N(CC(O)C2CCCCC2)C1. The highest BCUT2D eigenvalue weighted by Crippen LogP contribution is 2.28. The Kier molecular flexibility index (Phi) is 4.43. The molecule has 1 aliphatic carbocycles. The van der Waals surface area contributed by atoms with Crippen molar-refractivity contribution in [2.75, 3.05) is 13.1 Å². The predicted octanol–water partition coefficient (Wildman–Crippen LogP) is 2.19. The van der Waals surface area contributed by atoms with Crippen molar-refractivity contribution in [3.05, 3.63) is 0 Å². The van der Waals surface area contributed by atoms with Crippen molar-refractivity contribution in [1.82, 2.24) is 4.90 Å². The molecule has 0 aromatic carbocycles. The minimum absolute atomic E-state index is 0.242. The van der Waals surface area contributed by atoms with E-state index in [2.05, 4.69) is 6.92 Å². The van der Waals surface area contributed by atoms with Gasteiger partial charge in [-0.3, -0.25) is 4.79 Å². The fourth-order valence-corrected chi connectivity index (χ4v) is 3.20.